The maximum Gasteiger partial charge on any atom is 0.287 e. The molecule has 2 heterocycles. The molecule has 0 bridgehead atoms. The number of rotatable bonds is 6. The predicted molar refractivity (Wildman–Crippen MR) is 83.7 cm³/mol. The second-order valence-corrected chi connectivity index (χ2v) is 5.40. The lowest BCUT2D eigenvalue weighted by Gasteiger charge is -2.09. The third-order valence-electron chi connectivity index (χ3n) is 3.29. The molecule has 0 amide bonds. The summed E-state index contributed by atoms with van der Waals surface area (Å²) >= 11 is 6.13. The van der Waals surface area contributed by atoms with Crippen molar-refractivity contribution in [3.05, 3.63) is 39.0 Å². The van der Waals surface area contributed by atoms with Crippen molar-refractivity contribution in [3.63, 3.8) is 0 Å². The predicted octanol–water partition coefficient (Wildman–Crippen LogP) is 2.35. The molecule has 0 saturated carbocycles. The second-order valence-electron chi connectivity index (χ2n) is 5.02. The zero-order valence-corrected chi connectivity index (χ0v) is 13.3. The summed E-state index contributed by atoms with van der Waals surface area (Å²) in [6.45, 7) is 5.16. The van der Waals surface area contributed by atoms with Crippen LogP contribution in [0.15, 0.2) is 17.2 Å². The molecule has 0 atom stereocenters. The Labute approximate surface area is 128 Å². The maximum absolute atomic E-state index is 12.1. The molecule has 0 aliphatic rings. The largest absolute Gasteiger partial charge is 0.378 e. The van der Waals surface area contributed by atoms with Crippen LogP contribution in [0.5, 0.6) is 0 Å². The van der Waals surface area contributed by atoms with Crippen LogP contribution in [0.3, 0.4) is 0 Å². The highest BCUT2D eigenvalue weighted by molar-refractivity contribution is 6.32. The Morgan fingerprint density at radius 2 is 2.19 bits per heavy atom. The van der Waals surface area contributed by atoms with E-state index in [1.54, 1.807) is 10.9 Å². The molecule has 0 aromatic carbocycles. The summed E-state index contributed by atoms with van der Waals surface area (Å²) in [5, 5.41) is 11.8. The molecule has 2 aromatic rings. The van der Waals surface area contributed by atoms with E-state index in [-0.39, 0.29) is 10.6 Å². The summed E-state index contributed by atoms with van der Waals surface area (Å²) in [5.41, 5.74) is 2.31. The van der Waals surface area contributed by atoms with Gasteiger partial charge >= 0.3 is 0 Å². The van der Waals surface area contributed by atoms with Gasteiger partial charge in [-0.1, -0.05) is 24.9 Å². The summed E-state index contributed by atoms with van der Waals surface area (Å²) in [6, 6.07) is 0. The zero-order chi connectivity index (χ0) is 15.4. The van der Waals surface area contributed by atoms with Crippen LogP contribution in [-0.4, -0.2) is 19.6 Å². The normalized spacial score (nSPS) is 10.9. The standard InChI is InChI=1S/C14H20ClN5O/c1-4-5-6-20-14(21)13(15)12(8-17-20)16-7-11-9-19(3)18-10(11)2/h8-9,16H,4-7H2,1-3H3. The van der Waals surface area contributed by atoms with Crippen molar-refractivity contribution in [2.75, 3.05) is 5.32 Å². The van der Waals surface area contributed by atoms with E-state index in [4.69, 9.17) is 11.6 Å². The molecule has 0 saturated heterocycles. The molecule has 0 unspecified atom stereocenters. The Bertz CT molecular complexity index is 676. The molecule has 0 aliphatic carbocycles. The Balaban J connectivity index is 2.12. The average molecular weight is 310 g/mol. The highest BCUT2D eigenvalue weighted by Crippen LogP contribution is 2.17. The summed E-state index contributed by atoms with van der Waals surface area (Å²) < 4.78 is 3.17. The van der Waals surface area contributed by atoms with Gasteiger partial charge in [-0.25, -0.2) is 4.68 Å². The van der Waals surface area contributed by atoms with E-state index >= 15 is 0 Å². The van der Waals surface area contributed by atoms with E-state index in [9.17, 15) is 4.79 Å². The Kier molecular flexibility index (Phi) is 5.01. The summed E-state index contributed by atoms with van der Waals surface area (Å²) in [4.78, 5) is 12.1. The third kappa shape index (κ3) is 3.64. The third-order valence-corrected chi connectivity index (χ3v) is 3.66. The van der Waals surface area contributed by atoms with Crippen molar-refractivity contribution in [1.29, 1.82) is 0 Å². The van der Waals surface area contributed by atoms with Crippen LogP contribution in [0.4, 0.5) is 5.69 Å². The molecular weight excluding hydrogens is 290 g/mol. The van der Waals surface area contributed by atoms with Gasteiger partial charge in [-0.3, -0.25) is 9.48 Å². The van der Waals surface area contributed by atoms with Gasteiger partial charge in [-0.15, -0.1) is 0 Å². The first kappa shape index (κ1) is 15.6. The first-order valence-electron chi connectivity index (χ1n) is 7.01. The minimum atomic E-state index is -0.252. The molecule has 1 N–H and O–H groups in total. The van der Waals surface area contributed by atoms with Crippen LogP contribution in [0.25, 0.3) is 0 Å². The van der Waals surface area contributed by atoms with Gasteiger partial charge in [0.25, 0.3) is 5.56 Å². The molecule has 0 aliphatic heterocycles. The molecule has 21 heavy (non-hydrogen) atoms. The molecule has 2 rings (SSSR count). The summed E-state index contributed by atoms with van der Waals surface area (Å²) in [6.07, 6.45) is 5.45. The minimum absolute atomic E-state index is 0.183. The smallest absolute Gasteiger partial charge is 0.287 e. The van der Waals surface area contributed by atoms with Crippen molar-refractivity contribution in [2.24, 2.45) is 7.05 Å². The van der Waals surface area contributed by atoms with Gasteiger partial charge in [0, 0.05) is 31.9 Å². The van der Waals surface area contributed by atoms with E-state index < -0.39 is 0 Å². The van der Waals surface area contributed by atoms with Crippen molar-refractivity contribution >= 4 is 17.3 Å². The van der Waals surface area contributed by atoms with Crippen LogP contribution < -0.4 is 10.9 Å². The van der Waals surface area contributed by atoms with Gasteiger partial charge in [0.15, 0.2) is 0 Å². The Morgan fingerprint density at radius 1 is 1.43 bits per heavy atom. The SMILES string of the molecule is CCCCn1ncc(NCc2cn(C)nc2C)c(Cl)c1=O. The lowest BCUT2D eigenvalue weighted by molar-refractivity contribution is 0.543. The van der Waals surface area contributed by atoms with E-state index in [1.165, 1.54) is 4.68 Å². The molecule has 0 spiro atoms. The first-order chi connectivity index (χ1) is 10.0. The van der Waals surface area contributed by atoms with Crippen molar-refractivity contribution in [2.45, 2.75) is 39.8 Å². The maximum atomic E-state index is 12.1. The summed E-state index contributed by atoms with van der Waals surface area (Å²) in [5.74, 6) is 0. The molecule has 6 nitrogen and oxygen atoms in total. The number of nitrogens with zero attached hydrogens (tertiary/aromatic N) is 4. The quantitative estimate of drug-likeness (QED) is 0.889. The highest BCUT2D eigenvalue weighted by atomic mass is 35.5. The first-order valence-corrected chi connectivity index (χ1v) is 7.39. The number of hydrogen-bond donors (Lipinski definition) is 1. The van der Waals surface area contributed by atoms with E-state index in [0.29, 0.717) is 18.8 Å². The van der Waals surface area contributed by atoms with Crippen molar-refractivity contribution < 1.29 is 0 Å². The number of hydrogen-bond acceptors (Lipinski definition) is 4. The van der Waals surface area contributed by atoms with Crippen LogP contribution in [0.1, 0.15) is 31.0 Å². The van der Waals surface area contributed by atoms with Crippen LogP contribution in [0.2, 0.25) is 5.02 Å². The van der Waals surface area contributed by atoms with Gasteiger partial charge in [-0.2, -0.15) is 10.2 Å². The van der Waals surface area contributed by atoms with Crippen LogP contribution in [-0.2, 0) is 20.1 Å². The van der Waals surface area contributed by atoms with Gasteiger partial charge in [-0.05, 0) is 13.3 Å². The van der Waals surface area contributed by atoms with Crippen molar-refractivity contribution in [1.82, 2.24) is 19.6 Å². The number of aryl methyl sites for hydroxylation is 3. The minimum Gasteiger partial charge on any atom is -0.378 e. The number of aromatic nitrogens is 4. The summed E-state index contributed by atoms with van der Waals surface area (Å²) in [7, 11) is 1.87. The molecular formula is C14H20ClN5O. The fourth-order valence-corrected chi connectivity index (χ4v) is 2.28. The number of halogens is 1. The highest BCUT2D eigenvalue weighted by Gasteiger charge is 2.10. The van der Waals surface area contributed by atoms with E-state index in [2.05, 4.69) is 22.4 Å². The number of anilines is 1. The van der Waals surface area contributed by atoms with E-state index in [1.807, 2.05) is 20.2 Å². The van der Waals surface area contributed by atoms with Crippen molar-refractivity contribution in [3.8, 4) is 0 Å². The van der Waals surface area contributed by atoms with Crippen LogP contribution in [0, 0.1) is 6.92 Å². The van der Waals surface area contributed by atoms with E-state index in [0.717, 1.165) is 24.1 Å². The number of unbranched alkanes of at least 4 members (excludes halogenated alkanes) is 1. The zero-order valence-electron chi connectivity index (χ0n) is 12.6. The van der Waals surface area contributed by atoms with Gasteiger partial charge in [0.1, 0.15) is 5.02 Å². The van der Waals surface area contributed by atoms with Gasteiger partial charge < -0.3 is 5.32 Å². The topological polar surface area (TPSA) is 64.7 Å². The molecule has 114 valence electrons. The second kappa shape index (κ2) is 6.76. The lowest BCUT2D eigenvalue weighted by Crippen LogP contribution is -2.24. The van der Waals surface area contributed by atoms with Gasteiger partial charge in [0.05, 0.1) is 17.6 Å². The molecule has 7 heteroatoms. The Hall–Kier alpha value is -1.82. The average Bonchev–Trinajstić information content (AvgIpc) is 2.77. The molecule has 0 fully saturated rings. The molecule has 0 radical (unpaired) electrons. The van der Waals surface area contributed by atoms with Crippen LogP contribution >= 0.6 is 11.6 Å². The van der Waals surface area contributed by atoms with Gasteiger partial charge in [0.2, 0.25) is 0 Å². The molecule has 2 aromatic heterocycles. The number of nitrogens with one attached hydrogen (secondary N) is 1. The fraction of sp³-hybridized carbons (Fsp3) is 0.500. The lowest BCUT2D eigenvalue weighted by atomic mass is 10.2. The fourth-order valence-electron chi connectivity index (χ4n) is 2.07. The monoisotopic (exact) mass is 309 g/mol. The Morgan fingerprint density at radius 3 is 2.81 bits per heavy atom.